The molecule has 3 aliphatic rings. The minimum Gasteiger partial charge on any atom is -0.381 e. The van der Waals surface area contributed by atoms with E-state index in [0.717, 1.165) is 152 Å². The van der Waals surface area contributed by atoms with Crippen LogP contribution in [0.4, 0.5) is 43.4 Å². The van der Waals surface area contributed by atoms with Crippen LogP contribution in [0.2, 0.25) is 0 Å². The topological polar surface area (TPSA) is 115 Å². The molecule has 3 heterocycles. The second-order valence-electron chi connectivity index (χ2n) is 24.2. The Morgan fingerprint density at radius 1 is 0.453 bits per heavy atom. The molecule has 0 radical (unpaired) electrons. The van der Waals surface area contributed by atoms with E-state index < -0.39 is 35.3 Å². The maximum atomic E-state index is 12.8. The van der Waals surface area contributed by atoms with Crippen LogP contribution in [0, 0.1) is 6.92 Å². The molecule has 3 amide bonds. The van der Waals surface area contributed by atoms with Crippen molar-refractivity contribution in [1.82, 2.24) is 0 Å². The molecule has 0 aromatic heterocycles. The predicted octanol–water partition coefficient (Wildman–Crippen LogP) is 13.8. The number of carbonyl (C=O) groups is 3. The number of nitrogens with zero attached hydrogens (tertiary/aromatic N) is 3. The molecule has 3 N–H and O–H groups in total. The molecule has 0 aliphatic carbocycles. The molecular weight excluding hydrogens is 1110 g/mol. The fourth-order valence-corrected chi connectivity index (χ4v) is 11.2. The lowest BCUT2D eigenvalue weighted by Gasteiger charge is -2.40. The lowest BCUT2D eigenvalue weighted by Crippen LogP contribution is -2.50. The summed E-state index contributed by atoms with van der Waals surface area (Å²) in [6.07, 6.45) is 0.144. The number of benzene rings is 6. The highest BCUT2D eigenvalue weighted by molar-refractivity contribution is 6.05. The Morgan fingerprint density at radius 3 is 1.16 bits per heavy atom. The van der Waals surface area contributed by atoms with E-state index in [9.17, 15) is 40.7 Å². The molecule has 6 aromatic carbocycles. The molecule has 3 aliphatic heterocycles. The highest BCUT2D eigenvalue weighted by atomic mass is 19.4. The minimum atomic E-state index is -4.48. The van der Waals surface area contributed by atoms with E-state index in [1.165, 1.54) is 47.5 Å². The van der Waals surface area contributed by atoms with Crippen LogP contribution < -0.4 is 16.0 Å². The monoisotopic (exact) mass is 1190 g/mol. The molecule has 0 spiro atoms. The molecular formula is C68H83F6N6O6+3. The van der Waals surface area contributed by atoms with Gasteiger partial charge in [-0.15, -0.1) is 0 Å². The van der Waals surface area contributed by atoms with E-state index in [4.69, 9.17) is 14.2 Å². The summed E-state index contributed by atoms with van der Waals surface area (Å²) in [6, 6.07) is 42.0. The first-order valence-corrected chi connectivity index (χ1v) is 29.2. The van der Waals surface area contributed by atoms with Crippen molar-refractivity contribution in [1.29, 1.82) is 0 Å². The zero-order valence-corrected chi connectivity index (χ0v) is 50.4. The summed E-state index contributed by atoms with van der Waals surface area (Å²) in [5.74, 6) is -1.04. The van der Waals surface area contributed by atoms with Gasteiger partial charge in [0.2, 0.25) is 5.91 Å². The van der Waals surface area contributed by atoms with Crippen molar-refractivity contribution in [2.75, 3.05) is 97.9 Å². The summed E-state index contributed by atoms with van der Waals surface area (Å²) < 4.78 is 96.0. The maximum absolute atomic E-state index is 12.8. The van der Waals surface area contributed by atoms with Gasteiger partial charge in [-0.3, -0.25) is 14.4 Å². The summed E-state index contributed by atoms with van der Waals surface area (Å²) in [5, 5.41) is 8.38. The van der Waals surface area contributed by atoms with Crippen LogP contribution in [0.5, 0.6) is 0 Å². The van der Waals surface area contributed by atoms with Crippen LogP contribution in [0.15, 0.2) is 152 Å². The number of hydrogen-bond acceptors (Lipinski definition) is 6. The number of rotatable bonds is 16. The van der Waals surface area contributed by atoms with E-state index >= 15 is 0 Å². The van der Waals surface area contributed by atoms with Gasteiger partial charge in [0.1, 0.15) is 19.6 Å². The first kappa shape index (κ1) is 66.3. The van der Waals surface area contributed by atoms with Crippen molar-refractivity contribution >= 4 is 40.9 Å². The summed E-state index contributed by atoms with van der Waals surface area (Å²) in [6.45, 7) is 9.67. The third kappa shape index (κ3) is 20.5. The maximum Gasteiger partial charge on any atom is 0.416 e. The largest absolute Gasteiger partial charge is 0.416 e. The third-order valence-corrected chi connectivity index (χ3v) is 16.3. The van der Waals surface area contributed by atoms with Crippen LogP contribution in [-0.2, 0) is 51.0 Å². The van der Waals surface area contributed by atoms with Crippen LogP contribution in [-0.4, -0.2) is 131 Å². The predicted molar refractivity (Wildman–Crippen MR) is 326 cm³/mol. The molecule has 86 heavy (non-hydrogen) atoms. The molecule has 0 saturated carbocycles. The lowest BCUT2D eigenvalue weighted by molar-refractivity contribution is -0.929. The van der Waals surface area contributed by atoms with Gasteiger partial charge in [-0.1, -0.05) is 72.3 Å². The van der Waals surface area contributed by atoms with Gasteiger partial charge >= 0.3 is 12.4 Å². The summed E-state index contributed by atoms with van der Waals surface area (Å²) in [4.78, 5) is 36.8. The van der Waals surface area contributed by atoms with Crippen LogP contribution in [0.3, 0.4) is 0 Å². The van der Waals surface area contributed by atoms with E-state index in [1.807, 2.05) is 79.7 Å². The zero-order valence-electron chi connectivity index (χ0n) is 50.4. The number of aryl methyl sites for hydroxylation is 1. The molecule has 0 atom stereocenters. The number of hydrogen-bond donors (Lipinski definition) is 3. The Bertz CT molecular complexity index is 3180. The number of alkyl halides is 6. The Labute approximate surface area is 502 Å². The third-order valence-electron chi connectivity index (χ3n) is 16.3. The molecule has 12 nitrogen and oxygen atoms in total. The minimum absolute atomic E-state index is 0.0266. The van der Waals surface area contributed by atoms with Crippen LogP contribution in [0.25, 0.3) is 6.08 Å². The van der Waals surface area contributed by atoms with Gasteiger partial charge in [0, 0.05) is 89.5 Å². The quantitative estimate of drug-likeness (QED) is 0.0505. The van der Waals surface area contributed by atoms with E-state index in [-0.39, 0.29) is 11.5 Å². The standard InChI is InChI=1S/C24H27F3N2O2.C22H25F3N2O2.C22H28N2O2/c1-29(2,22-12-14-31-15-13-22)17-19-6-9-21(10-7-19)28-23(30)11-8-18-4-3-5-20(16-18)24(25,26)27;1-27(2,20-10-12-29-13-11-20)15-16-6-8-19(9-7-16)26-21(28)17-4-3-5-18(14-17)22(23,24)25;1-17-5-4-6-19(15-17)22(25)23-20-9-7-18(8-10-20)16-24(2,3)21-11-13-26-14-12-21/h3-11,16,22H,12-15,17H2,1-2H3;3-9,14,20H,10-13,15H2,1-2H3;4-10,15,21H,11-14,16H2,1-3H3/p+3/b11-8+;;. The molecule has 6 aromatic rings. The molecule has 3 saturated heterocycles. The normalized spacial score (nSPS) is 15.8. The second-order valence-corrected chi connectivity index (χ2v) is 24.2. The first-order chi connectivity index (χ1) is 40.7. The SMILES string of the molecule is C[N+](C)(Cc1ccc(NC(=O)/C=C/c2cccc(C(F)(F)F)c2)cc1)C1CCOCC1.C[N+](C)(Cc1ccc(NC(=O)c2cccc(C(F)(F)F)c2)cc1)C1CCOCC1.Cc1cccc(C(=O)Nc2ccc(C[N+](C)(C)C3CCOCC3)cc2)c1. The average molecular weight is 1190 g/mol. The van der Waals surface area contributed by atoms with Crippen molar-refractivity contribution in [3.63, 3.8) is 0 Å². The summed E-state index contributed by atoms with van der Waals surface area (Å²) in [5.41, 5.74) is 6.09. The highest BCUT2D eigenvalue weighted by Crippen LogP contribution is 2.32. The Kier molecular flexibility index (Phi) is 23.1. The number of amides is 3. The first-order valence-electron chi connectivity index (χ1n) is 29.2. The smallest absolute Gasteiger partial charge is 0.381 e. The van der Waals surface area contributed by atoms with Gasteiger partial charge in [0.05, 0.1) is 111 Å². The van der Waals surface area contributed by atoms with Crippen molar-refractivity contribution in [3.8, 4) is 0 Å². The van der Waals surface area contributed by atoms with Crippen molar-refractivity contribution in [2.24, 2.45) is 0 Å². The van der Waals surface area contributed by atoms with E-state index in [1.54, 1.807) is 12.1 Å². The lowest BCUT2D eigenvalue weighted by atomic mass is 10.0. The van der Waals surface area contributed by atoms with Gasteiger partial charge in [0.15, 0.2) is 0 Å². The fourth-order valence-electron chi connectivity index (χ4n) is 11.2. The van der Waals surface area contributed by atoms with Crippen molar-refractivity contribution < 1.29 is 68.4 Å². The molecule has 18 heteroatoms. The number of nitrogens with one attached hydrogen (secondary N) is 3. The summed E-state index contributed by atoms with van der Waals surface area (Å²) >= 11 is 0. The number of carbonyl (C=O) groups excluding carboxylic acids is 3. The Morgan fingerprint density at radius 2 is 0.791 bits per heavy atom. The molecule has 0 bridgehead atoms. The second kappa shape index (κ2) is 29.9. The van der Waals surface area contributed by atoms with Gasteiger partial charge < -0.3 is 43.6 Å². The Balaban J connectivity index is 0.000000185. The number of ether oxygens (including phenoxy) is 3. The highest BCUT2D eigenvalue weighted by Gasteiger charge is 2.34. The zero-order chi connectivity index (χ0) is 62.1. The van der Waals surface area contributed by atoms with Crippen molar-refractivity contribution in [3.05, 3.63) is 202 Å². The van der Waals surface area contributed by atoms with Gasteiger partial charge in [0.25, 0.3) is 11.8 Å². The van der Waals surface area contributed by atoms with Crippen LogP contribution >= 0.6 is 0 Å². The summed E-state index contributed by atoms with van der Waals surface area (Å²) in [7, 11) is 13.5. The van der Waals surface area contributed by atoms with E-state index in [0.29, 0.717) is 40.6 Å². The molecule has 460 valence electrons. The molecule has 0 unspecified atom stereocenters. The van der Waals surface area contributed by atoms with Gasteiger partial charge in [-0.05, 0) is 97.4 Å². The average Bonchev–Trinajstić information content (AvgIpc) is 2.90. The fraction of sp³-hybridized carbons (Fsp3) is 0.397. The van der Waals surface area contributed by atoms with Crippen molar-refractivity contribution in [2.45, 2.75) is 95.6 Å². The van der Waals surface area contributed by atoms with Gasteiger partial charge in [-0.25, -0.2) is 0 Å². The van der Waals surface area contributed by atoms with Gasteiger partial charge in [-0.2, -0.15) is 26.3 Å². The Hall–Kier alpha value is -7.19. The number of anilines is 3. The molecule has 3 fully saturated rings. The molecule has 9 rings (SSSR count). The van der Waals surface area contributed by atoms with E-state index in [2.05, 4.69) is 70.4 Å². The van der Waals surface area contributed by atoms with Crippen LogP contribution in [0.1, 0.15) is 98.2 Å². The number of halogens is 6. The number of quaternary nitrogens is 3.